The maximum absolute atomic E-state index is 12.4. The molecule has 3 rings (SSSR count). The Kier molecular flexibility index (Phi) is 6.92. The molecule has 1 aliphatic heterocycles. The van der Waals surface area contributed by atoms with Crippen LogP contribution in [0.25, 0.3) is 0 Å². The number of nitrogens with one attached hydrogen (secondary N) is 1. The molecule has 3 N–H and O–H groups in total. The third-order valence-electron chi connectivity index (χ3n) is 4.00. The maximum atomic E-state index is 12.4. The van der Waals surface area contributed by atoms with Crippen LogP contribution in [0.3, 0.4) is 0 Å². The summed E-state index contributed by atoms with van der Waals surface area (Å²) in [7, 11) is 0. The van der Waals surface area contributed by atoms with E-state index < -0.39 is 0 Å². The van der Waals surface area contributed by atoms with Crippen molar-refractivity contribution in [1.82, 2.24) is 10.3 Å². The van der Waals surface area contributed by atoms with E-state index in [2.05, 4.69) is 16.4 Å². The predicted octanol–water partition coefficient (Wildman–Crippen LogP) is 2.12. The van der Waals surface area contributed by atoms with Gasteiger partial charge in [-0.25, -0.2) is 4.98 Å². The molecule has 0 aliphatic carbocycles. The highest BCUT2D eigenvalue weighted by Crippen LogP contribution is 2.27. The number of hydrogen-bond donors (Lipinski definition) is 2. The van der Waals surface area contributed by atoms with Crippen molar-refractivity contribution in [1.29, 1.82) is 0 Å². The Morgan fingerprint density at radius 2 is 2.12 bits per heavy atom. The summed E-state index contributed by atoms with van der Waals surface area (Å²) in [4.78, 5) is 30.3. The highest BCUT2D eigenvalue weighted by atomic mass is 35.5. The van der Waals surface area contributed by atoms with E-state index in [-0.39, 0.29) is 24.2 Å². The minimum atomic E-state index is -0.218. The second-order valence-corrected chi connectivity index (χ2v) is 6.56. The van der Waals surface area contributed by atoms with Crippen molar-refractivity contribution in [3.8, 4) is 0 Å². The number of nitrogens with zero attached hydrogens (tertiary/aromatic N) is 2. The summed E-state index contributed by atoms with van der Waals surface area (Å²) in [5, 5.41) is 5.23. The molecular weight excluding hydrogens is 360 g/mol. The minimum Gasteiger partial charge on any atom is -0.351 e. The number of thiazole rings is 1. The van der Waals surface area contributed by atoms with Gasteiger partial charge in [-0.2, -0.15) is 0 Å². The fourth-order valence-electron chi connectivity index (χ4n) is 2.77. The molecule has 0 saturated heterocycles. The Morgan fingerprint density at radius 1 is 1.32 bits per heavy atom. The monoisotopic (exact) mass is 380 g/mol. The Balaban J connectivity index is 0.00000225. The third-order valence-corrected chi connectivity index (χ3v) is 4.87. The van der Waals surface area contributed by atoms with E-state index in [0.717, 1.165) is 23.7 Å². The summed E-state index contributed by atoms with van der Waals surface area (Å²) in [6.45, 7) is 1.53. The van der Waals surface area contributed by atoms with E-state index in [1.54, 1.807) is 5.38 Å². The molecule has 0 bridgehead atoms. The van der Waals surface area contributed by atoms with E-state index in [9.17, 15) is 9.59 Å². The zero-order valence-electron chi connectivity index (χ0n) is 13.7. The van der Waals surface area contributed by atoms with Crippen LogP contribution in [-0.4, -0.2) is 29.9 Å². The van der Waals surface area contributed by atoms with Crippen molar-refractivity contribution in [2.75, 3.05) is 18.0 Å². The number of aromatic nitrogens is 1. The van der Waals surface area contributed by atoms with E-state index in [1.165, 1.54) is 16.9 Å². The highest BCUT2D eigenvalue weighted by Gasteiger charge is 2.23. The summed E-state index contributed by atoms with van der Waals surface area (Å²) < 4.78 is 0. The number of carbonyl (C=O) groups excluding carboxylic acids is 2. The van der Waals surface area contributed by atoms with Crippen LogP contribution in [0, 0.1) is 0 Å². The van der Waals surface area contributed by atoms with Crippen LogP contribution in [0.1, 0.15) is 33.9 Å². The van der Waals surface area contributed by atoms with Crippen LogP contribution in [0.4, 0.5) is 5.69 Å². The van der Waals surface area contributed by atoms with Crippen molar-refractivity contribution in [2.45, 2.75) is 25.8 Å². The minimum absolute atomic E-state index is 0. The second-order valence-electron chi connectivity index (χ2n) is 5.61. The molecule has 1 aromatic heterocycles. The lowest BCUT2D eigenvalue weighted by Crippen LogP contribution is -2.30. The lowest BCUT2D eigenvalue weighted by Gasteiger charge is -2.17. The van der Waals surface area contributed by atoms with Gasteiger partial charge in [0.05, 0.1) is 0 Å². The van der Waals surface area contributed by atoms with Crippen molar-refractivity contribution in [3.63, 3.8) is 0 Å². The number of rotatable bonds is 6. The highest BCUT2D eigenvalue weighted by molar-refractivity contribution is 7.09. The lowest BCUT2D eigenvalue weighted by molar-refractivity contribution is -0.118. The molecule has 1 aliphatic rings. The molecule has 2 aromatic rings. The zero-order valence-corrected chi connectivity index (χ0v) is 15.4. The summed E-state index contributed by atoms with van der Waals surface area (Å²) in [6.07, 6.45) is 1.93. The van der Waals surface area contributed by atoms with Gasteiger partial charge in [0.15, 0.2) is 0 Å². The van der Waals surface area contributed by atoms with Crippen LogP contribution < -0.4 is 16.0 Å². The number of para-hydroxylation sites is 1. The predicted molar refractivity (Wildman–Crippen MR) is 101 cm³/mol. The van der Waals surface area contributed by atoms with E-state index in [1.807, 2.05) is 23.1 Å². The molecule has 8 heteroatoms. The van der Waals surface area contributed by atoms with Crippen molar-refractivity contribution >= 4 is 41.2 Å². The van der Waals surface area contributed by atoms with Gasteiger partial charge in [-0.1, -0.05) is 18.2 Å². The van der Waals surface area contributed by atoms with Gasteiger partial charge in [-0.15, -0.1) is 23.7 Å². The SMILES string of the molecule is Cl.NCc1nc(C(=O)NCCCC(=O)N2CCc3ccccc32)cs1. The molecule has 0 atom stereocenters. The van der Waals surface area contributed by atoms with Gasteiger partial charge in [0.25, 0.3) is 5.91 Å². The standard InChI is InChI=1S/C17H20N4O2S.ClH/c18-10-15-20-13(11-24-15)17(23)19-8-3-6-16(22)21-9-7-12-4-1-2-5-14(12)21;/h1-2,4-5,11H,3,6-10,18H2,(H,19,23);1H. The first kappa shape index (κ1) is 19.4. The quantitative estimate of drug-likeness (QED) is 0.751. The third kappa shape index (κ3) is 4.56. The summed E-state index contributed by atoms with van der Waals surface area (Å²) in [6, 6.07) is 8.00. The van der Waals surface area contributed by atoms with E-state index in [0.29, 0.717) is 31.6 Å². The average molecular weight is 381 g/mol. The Hall–Kier alpha value is -1.96. The van der Waals surface area contributed by atoms with Gasteiger partial charge in [0.1, 0.15) is 10.7 Å². The van der Waals surface area contributed by atoms with Crippen molar-refractivity contribution < 1.29 is 9.59 Å². The van der Waals surface area contributed by atoms with Crippen LogP contribution in [0.2, 0.25) is 0 Å². The summed E-state index contributed by atoms with van der Waals surface area (Å²) in [5.74, 6) is -0.113. The zero-order chi connectivity index (χ0) is 16.9. The first-order chi connectivity index (χ1) is 11.7. The number of halogens is 1. The van der Waals surface area contributed by atoms with Crippen molar-refractivity contribution in [3.05, 3.63) is 45.9 Å². The van der Waals surface area contributed by atoms with E-state index >= 15 is 0 Å². The van der Waals surface area contributed by atoms with Crippen LogP contribution >= 0.6 is 23.7 Å². The largest absolute Gasteiger partial charge is 0.351 e. The molecule has 0 saturated carbocycles. The molecule has 134 valence electrons. The number of fused-ring (bicyclic) bond motifs is 1. The molecule has 0 spiro atoms. The average Bonchev–Trinajstić information content (AvgIpc) is 3.25. The molecule has 2 amide bonds. The molecule has 0 radical (unpaired) electrons. The van der Waals surface area contributed by atoms with Crippen LogP contribution in [0.5, 0.6) is 0 Å². The number of anilines is 1. The Morgan fingerprint density at radius 3 is 2.88 bits per heavy atom. The fraction of sp³-hybridized carbons (Fsp3) is 0.353. The molecule has 2 heterocycles. The molecular formula is C17H21ClN4O2S. The summed E-state index contributed by atoms with van der Waals surface area (Å²) in [5.41, 5.74) is 8.11. The number of amides is 2. The number of benzene rings is 1. The van der Waals surface area contributed by atoms with Crippen LogP contribution in [-0.2, 0) is 17.8 Å². The smallest absolute Gasteiger partial charge is 0.270 e. The first-order valence-electron chi connectivity index (χ1n) is 8.00. The van der Waals surface area contributed by atoms with Gasteiger partial charge in [-0.05, 0) is 24.5 Å². The van der Waals surface area contributed by atoms with Crippen molar-refractivity contribution in [2.24, 2.45) is 5.73 Å². The topological polar surface area (TPSA) is 88.3 Å². The van der Waals surface area contributed by atoms with Gasteiger partial charge >= 0.3 is 0 Å². The Labute approximate surface area is 156 Å². The molecule has 1 aromatic carbocycles. The molecule has 0 unspecified atom stereocenters. The van der Waals surface area contributed by atoms with Gasteiger partial charge in [0, 0.05) is 37.1 Å². The van der Waals surface area contributed by atoms with Gasteiger partial charge in [0.2, 0.25) is 5.91 Å². The molecule has 6 nitrogen and oxygen atoms in total. The first-order valence-corrected chi connectivity index (χ1v) is 8.88. The van der Waals surface area contributed by atoms with Gasteiger partial charge in [-0.3, -0.25) is 9.59 Å². The Bertz CT molecular complexity index is 750. The van der Waals surface area contributed by atoms with E-state index in [4.69, 9.17) is 5.73 Å². The fourth-order valence-corrected chi connectivity index (χ4v) is 3.43. The molecule has 25 heavy (non-hydrogen) atoms. The number of carbonyl (C=O) groups is 2. The maximum Gasteiger partial charge on any atom is 0.270 e. The van der Waals surface area contributed by atoms with Gasteiger partial charge < -0.3 is 16.0 Å². The lowest BCUT2D eigenvalue weighted by atomic mass is 10.2. The second kappa shape index (κ2) is 8.94. The summed E-state index contributed by atoms with van der Waals surface area (Å²) >= 11 is 1.37. The normalized spacial score (nSPS) is 12.4. The molecule has 0 fully saturated rings. The van der Waals surface area contributed by atoms with Crippen LogP contribution in [0.15, 0.2) is 29.6 Å². The number of nitrogens with two attached hydrogens (primary N) is 1. The number of hydrogen-bond acceptors (Lipinski definition) is 5.